The van der Waals surface area contributed by atoms with Crippen LogP contribution in [0.1, 0.15) is 34.6 Å². The van der Waals surface area contributed by atoms with Gasteiger partial charge in [-0.25, -0.2) is 0 Å². The second kappa shape index (κ2) is 7.45. The van der Waals surface area contributed by atoms with Crippen molar-refractivity contribution in [2.24, 2.45) is 5.92 Å². The highest BCUT2D eigenvalue weighted by Gasteiger charge is 2.12. The molecular formula is C15H27N. The average molecular weight is 221 g/mol. The van der Waals surface area contributed by atoms with Crippen molar-refractivity contribution in [1.82, 2.24) is 4.90 Å². The fourth-order valence-electron chi connectivity index (χ4n) is 1.59. The van der Waals surface area contributed by atoms with Gasteiger partial charge in [0, 0.05) is 12.6 Å². The lowest BCUT2D eigenvalue weighted by Crippen LogP contribution is -2.34. The Hall–Kier alpha value is -0.820. The van der Waals surface area contributed by atoms with Crippen LogP contribution in [0.3, 0.4) is 0 Å². The van der Waals surface area contributed by atoms with E-state index < -0.39 is 0 Å². The van der Waals surface area contributed by atoms with Gasteiger partial charge in [-0.15, -0.1) is 0 Å². The van der Waals surface area contributed by atoms with Gasteiger partial charge in [-0.1, -0.05) is 50.3 Å². The van der Waals surface area contributed by atoms with Crippen molar-refractivity contribution in [3.05, 3.63) is 36.5 Å². The Morgan fingerprint density at radius 3 is 2.12 bits per heavy atom. The molecule has 0 aliphatic carbocycles. The van der Waals surface area contributed by atoms with E-state index in [0.717, 1.165) is 18.7 Å². The van der Waals surface area contributed by atoms with Crippen molar-refractivity contribution in [2.45, 2.75) is 40.7 Å². The van der Waals surface area contributed by atoms with E-state index in [1.54, 1.807) is 0 Å². The number of rotatable bonds is 7. The summed E-state index contributed by atoms with van der Waals surface area (Å²) in [6.07, 6.45) is 4.12. The van der Waals surface area contributed by atoms with Gasteiger partial charge in [-0.3, -0.25) is 0 Å². The normalized spacial score (nSPS) is 13.7. The van der Waals surface area contributed by atoms with Gasteiger partial charge in [0.2, 0.25) is 0 Å². The van der Waals surface area contributed by atoms with Crippen LogP contribution in [0.15, 0.2) is 36.5 Å². The first-order valence-electron chi connectivity index (χ1n) is 6.14. The monoisotopic (exact) mass is 221 g/mol. The molecule has 92 valence electrons. The van der Waals surface area contributed by atoms with Gasteiger partial charge >= 0.3 is 0 Å². The van der Waals surface area contributed by atoms with Crippen LogP contribution in [0.4, 0.5) is 0 Å². The lowest BCUT2D eigenvalue weighted by atomic mass is 10.0. The molecule has 0 fully saturated rings. The topological polar surface area (TPSA) is 3.24 Å². The quantitative estimate of drug-likeness (QED) is 0.586. The van der Waals surface area contributed by atoms with Crippen molar-refractivity contribution < 1.29 is 0 Å². The van der Waals surface area contributed by atoms with E-state index in [-0.39, 0.29) is 0 Å². The average Bonchev–Trinajstić information content (AvgIpc) is 2.21. The third kappa shape index (κ3) is 5.92. The molecule has 0 aromatic heterocycles. The van der Waals surface area contributed by atoms with Crippen molar-refractivity contribution >= 4 is 0 Å². The van der Waals surface area contributed by atoms with E-state index in [0.29, 0.717) is 12.0 Å². The molecule has 1 heteroatoms. The van der Waals surface area contributed by atoms with Gasteiger partial charge in [0.05, 0.1) is 0 Å². The lowest BCUT2D eigenvalue weighted by Gasteiger charge is -2.28. The molecule has 0 aromatic carbocycles. The number of hydrogen-bond donors (Lipinski definition) is 0. The summed E-state index contributed by atoms with van der Waals surface area (Å²) in [6.45, 7) is 21.1. The van der Waals surface area contributed by atoms with Gasteiger partial charge in [-0.2, -0.15) is 0 Å². The lowest BCUT2D eigenvalue weighted by molar-refractivity contribution is 0.214. The van der Waals surface area contributed by atoms with Crippen molar-refractivity contribution in [1.29, 1.82) is 0 Å². The molecule has 0 saturated heterocycles. The zero-order chi connectivity index (χ0) is 12.7. The largest absolute Gasteiger partial charge is 0.301 e. The Morgan fingerprint density at radius 2 is 1.75 bits per heavy atom. The zero-order valence-electron chi connectivity index (χ0n) is 11.6. The first-order valence-corrected chi connectivity index (χ1v) is 6.14. The van der Waals surface area contributed by atoms with E-state index >= 15 is 0 Å². The summed E-state index contributed by atoms with van der Waals surface area (Å²) in [4.78, 5) is 2.46. The van der Waals surface area contributed by atoms with Crippen LogP contribution in [-0.2, 0) is 0 Å². The Labute approximate surface area is 102 Å². The molecule has 0 N–H and O–H groups in total. The predicted octanol–water partition coefficient (Wildman–Crippen LogP) is 4.04. The van der Waals surface area contributed by atoms with Crippen LogP contribution < -0.4 is 0 Å². The van der Waals surface area contributed by atoms with Gasteiger partial charge in [0.15, 0.2) is 0 Å². The Kier molecular flexibility index (Phi) is 7.07. The fraction of sp³-hybridized carbons (Fsp3) is 0.600. The predicted molar refractivity (Wildman–Crippen MR) is 74.6 cm³/mol. The number of hydrogen-bond acceptors (Lipinski definition) is 1. The molecule has 0 bridgehead atoms. The molecule has 1 atom stereocenters. The standard InChI is InChI=1S/C15H27N/c1-8-16(13(4)5)11-15(7)14(6)10-9-12(2)3/h9-10,13,15H,2,6,8,11H2,1,3-5,7H3/b10-9-. The van der Waals surface area contributed by atoms with Gasteiger partial charge in [0.1, 0.15) is 0 Å². The third-order valence-corrected chi connectivity index (χ3v) is 2.86. The summed E-state index contributed by atoms with van der Waals surface area (Å²) in [5.41, 5.74) is 2.26. The molecule has 1 unspecified atom stereocenters. The Bertz CT molecular complexity index is 261. The summed E-state index contributed by atoms with van der Waals surface area (Å²) in [7, 11) is 0. The van der Waals surface area contributed by atoms with Crippen molar-refractivity contribution in [2.75, 3.05) is 13.1 Å². The van der Waals surface area contributed by atoms with Crippen LogP contribution in [0, 0.1) is 5.92 Å². The van der Waals surface area contributed by atoms with Crippen LogP contribution in [0.25, 0.3) is 0 Å². The van der Waals surface area contributed by atoms with E-state index in [2.05, 4.69) is 51.8 Å². The Morgan fingerprint density at radius 1 is 1.19 bits per heavy atom. The van der Waals surface area contributed by atoms with Crippen LogP contribution in [-0.4, -0.2) is 24.0 Å². The number of allylic oxidation sites excluding steroid dienone is 3. The van der Waals surface area contributed by atoms with E-state index in [9.17, 15) is 0 Å². The minimum Gasteiger partial charge on any atom is -0.301 e. The molecule has 0 amide bonds. The van der Waals surface area contributed by atoms with E-state index in [1.165, 1.54) is 5.57 Å². The van der Waals surface area contributed by atoms with Crippen molar-refractivity contribution in [3.8, 4) is 0 Å². The smallest absolute Gasteiger partial charge is 0.00500 e. The Balaban J connectivity index is 4.28. The molecule has 0 aliphatic rings. The van der Waals surface area contributed by atoms with Gasteiger partial charge in [0.25, 0.3) is 0 Å². The zero-order valence-corrected chi connectivity index (χ0v) is 11.6. The van der Waals surface area contributed by atoms with E-state index in [1.807, 2.05) is 13.0 Å². The highest BCUT2D eigenvalue weighted by molar-refractivity contribution is 5.24. The first-order chi connectivity index (χ1) is 7.38. The summed E-state index contributed by atoms with van der Waals surface area (Å²) < 4.78 is 0. The van der Waals surface area contributed by atoms with Gasteiger partial charge < -0.3 is 4.90 Å². The fourth-order valence-corrected chi connectivity index (χ4v) is 1.59. The van der Waals surface area contributed by atoms with Crippen LogP contribution in [0.5, 0.6) is 0 Å². The second-order valence-corrected chi connectivity index (χ2v) is 4.84. The third-order valence-electron chi connectivity index (χ3n) is 2.86. The summed E-state index contributed by atoms with van der Waals surface area (Å²) in [6, 6.07) is 0.602. The summed E-state index contributed by atoms with van der Waals surface area (Å²) in [5.74, 6) is 0.498. The van der Waals surface area contributed by atoms with Crippen LogP contribution in [0.2, 0.25) is 0 Å². The maximum atomic E-state index is 4.12. The molecule has 0 heterocycles. The minimum absolute atomic E-state index is 0.498. The highest BCUT2D eigenvalue weighted by atomic mass is 15.1. The molecule has 0 aromatic rings. The maximum absolute atomic E-state index is 4.12. The molecule has 1 nitrogen and oxygen atoms in total. The van der Waals surface area contributed by atoms with Gasteiger partial charge in [-0.05, 0) is 33.2 Å². The summed E-state index contributed by atoms with van der Waals surface area (Å²) in [5, 5.41) is 0. The second-order valence-electron chi connectivity index (χ2n) is 4.84. The van der Waals surface area contributed by atoms with Crippen molar-refractivity contribution in [3.63, 3.8) is 0 Å². The van der Waals surface area contributed by atoms with Crippen LogP contribution >= 0.6 is 0 Å². The molecule has 16 heavy (non-hydrogen) atoms. The molecule has 0 aliphatic heterocycles. The molecule has 0 rings (SSSR count). The molecule has 0 radical (unpaired) electrons. The molecular weight excluding hydrogens is 194 g/mol. The molecule has 0 saturated carbocycles. The molecule has 0 spiro atoms. The SMILES string of the molecule is C=C(C)/C=C\C(=C)C(C)CN(CC)C(C)C. The highest BCUT2D eigenvalue weighted by Crippen LogP contribution is 2.14. The maximum Gasteiger partial charge on any atom is 0.00500 e. The first kappa shape index (κ1) is 15.2. The number of nitrogens with zero attached hydrogens (tertiary/aromatic N) is 1. The summed E-state index contributed by atoms with van der Waals surface area (Å²) >= 11 is 0. The minimum atomic E-state index is 0.498. The van der Waals surface area contributed by atoms with E-state index in [4.69, 9.17) is 0 Å².